The van der Waals surface area contributed by atoms with Crippen molar-refractivity contribution in [1.29, 1.82) is 0 Å². The Bertz CT molecular complexity index is 484. The van der Waals surface area contributed by atoms with E-state index >= 15 is 0 Å². The van der Waals surface area contributed by atoms with Crippen LogP contribution in [0.3, 0.4) is 0 Å². The lowest BCUT2D eigenvalue weighted by Crippen LogP contribution is -2.06. The van der Waals surface area contributed by atoms with E-state index in [1.165, 1.54) is 0 Å². The minimum absolute atomic E-state index is 0.607. The van der Waals surface area contributed by atoms with E-state index in [1.807, 2.05) is 24.3 Å². The Morgan fingerprint density at radius 2 is 2.29 bits per heavy atom. The number of hydrogen-bond acceptors (Lipinski definition) is 3. The van der Waals surface area contributed by atoms with Gasteiger partial charge in [-0.1, -0.05) is 28.1 Å². The quantitative estimate of drug-likeness (QED) is 0.862. The maximum atomic E-state index is 5.57. The summed E-state index contributed by atoms with van der Waals surface area (Å²) in [5, 5.41) is 4.08. The second-order valence-corrected chi connectivity index (χ2v) is 4.63. The predicted molar refractivity (Wildman–Crippen MR) is 70.4 cm³/mol. The van der Waals surface area contributed by atoms with Gasteiger partial charge in [-0.05, 0) is 17.7 Å². The lowest BCUT2D eigenvalue weighted by Gasteiger charge is -2.05. The van der Waals surface area contributed by atoms with Gasteiger partial charge in [-0.15, -0.1) is 0 Å². The topological polar surface area (TPSA) is 53.1 Å². The highest BCUT2D eigenvalue weighted by molar-refractivity contribution is 9.10. The second-order valence-electron chi connectivity index (χ2n) is 3.72. The number of ether oxygens (including phenoxy) is 1. The van der Waals surface area contributed by atoms with Crippen molar-refractivity contribution in [2.75, 3.05) is 12.3 Å². The molecule has 5 heteroatoms. The number of nitrogen functional groups attached to an aromatic ring is 1. The monoisotopic (exact) mass is 295 g/mol. The number of hydrogen-bond donors (Lipinski definition) is 1. The molecule has 0 aliphatic heterocycles. The number of rotatable bonds is 5. The second kappa shape index (κ2) is 5.84. The van der Waals surface area contributed by atoms with Gasteiger partial charge in [-0.2, -0.15) is 5.10 Å². The van der Waals surface area contributed by atoms with E-state index in [0.717, 1.165) is 10.0 Å². The lowest BCUT2D eigenvalue weighted by atomic mass is 10.2. The Balaban J connectivity index is 1.73. The summed E-state index contributed by atoms with van der Waals surface area (Å²) < 4.78 is 8.41. The van der Waals surface area contributed by atoms with Crippen molar-refractivity contribution in [2.24, 2.45) is 0 Å². The molecule has 0 aliphatic rings. The molecule has 0 amide bonds. The smallest absolute Gasteiger partial charge is 0.0719 e. The molecule has 1 heterocycles. The van der Waals surface area contributed by atoms with E-state index in [-0.39, 0.29) is 0 Å². The Morgan fingerprint density at radius 1 is 1.41 bits per heavy atom. The highest BCUT2D eigenvalue weighted by Gasteiger charge is 1.96. The van der Waals surface area contributed by atoms with E-state index in [0.29, 0.717) is 25.4 Å². The average molecular weight is 296 g/mol. The zero-order chi connectivity index (χ0) is 12.1. The molecule has 0 radical (unpaired) electrons. The van der Waals surface area contributed by atoms with Gasteiger partial charge < -0.3 is 10.5 Å². The molecule has 17 heavy (non-hydrogen) atoms. The summed E-state index contributed by atoms with van der Waals surface area (Å²) in [5.74, 6) is 0. The fraction of sp³-hybridized carbons (Fsp3) is 0.250. The standard InChI is InChI=1S/C12H14BrN3O/c13-11-3-1-2-10(6-11)9-17-5-4-16-8-12(14)7-15-16/h1-3,6-8H,4-5,9,14H2. The highest BCUT2D eigenvalue weighted by atomic mass is 79.9. The zero-order valence-electron chi connectivity index (χ0n) is 9.34. The lowest BCUT2D eigenvalue weighted by molar-refractivity contribution is 0.111. The molecular formula is C12H14BrN3O. The number of halogens is 1. The SMILES string of the molecule is Nc1cnn(CCOCc2cccc(Br)c2)c1. The molecule has 2 rings (SSSR count). The van der Waals surface area contributed by atoms with Crippen LogP contribution in [-0.2, 0) is 17.9 Å². The van der Waals surface area contributed by atoms with Crippen LogP contribution < -0.4 is 5.73 Å². The van der Waals surface area contributed by atoms with Gasteiger partial charge in [0.05, 0.1) is 31.6 Å². The largest absolute Gasteiger partial charge is 0.396 e. The van der Waals surface area contributed by atoms with Gasteiger partial charge >= 0.3 is 0 Å². The van der Waals surface area contributed by atoms with Gasteiger partial charge in [0.25, 0.3) is 0 Å². The van der Waals surface area contributed by atoms with Gasteiger partial charge in [0.15, 0.2) is 0 Å². The van der Waals surface area contributed by atoms with E-state index in [2.05, 4.69) is 21.0 Å². The first-order valence-electron chi connectivity index (χ1n) is 5.34. The zero-order valence-corrected chi connectivity index (χ0v) is 10.9. The van der Waals surface area contributed by atoms with Crippen molar-refractivity contribution in [3.05, 3.63) is 46.7 Å². The third-order valence-electron chi connectivity index (χ3n) is 2.28. The normalized spacial score (nSPS) is 10.6. The average Bonchev–Trinajstić information content (AvgIpc) is 2.71. The van der Waals surface area contributed by atoms with Gasteiger partial charge in [0, 0.05) is 10.7 Å². The fourth-order valence-electron chi connectivity index (χ4n) is 1.48. The number of nitrogens with zero attached hydrogens (tertiary/aromatic N) is 2. The molecule has 0 saturated carbocycles. The van der Waals surface area contributed by atoms with Crippen LogP contribution in [0.2, 0.25) is 0 Å². The van der Waals surface area contributed by atoms with Crippen LogP contribution in [0.25, 0.3) is 0 Å². The molecule has 0 fully saturated rings. The van der Waals surface area contributed by atoms with Gasteiger partial charge in [0.2, 0.25) is 0 Å². The van der Waals surface area contributed by atoms with Crippen molar-refractivity contribution in [3.63, 3.8) is 0 Å². The van der Waals surface area contributed by atoms with Crippen molar-refractivity contribution in [3.8, 4) is 0 Å². The molecule has 1 aromatic carbocycles. The predicted octanol–water partition coefficient (Wildman–Crippen LogP) is 2.44. The van der Waals surface area contributed by atoms with Crippen molar-refractivity contribution in [2.45, 2.75) is 13.2 Å². The fourth-order valence-corrected chi connectivity index (χ4v) is 1.92. The summed E-state index contributed by atoms with van der Waals surface area (Å²) in [6, 6.07) is 8.08. The third-order valence-corrected chi connectivity index (χ3v) is 2.77. The van der Waals surface area contributed by atoms with E-state index < -0.39 is 0 Å². The summed E-state index contributed by atoms with van der Waals surface area (Å²) in [7, 11) is 0. The van der Waals surface area contributed by atoms with E-state index in [1.54, 1.807) is 17.1 Å². The Hall–Kier alpha value is -1.33. The molecule has 2 aromatic rings. The van der Waals surface area contributed by atoms with E-state index in [4.69, 9.17) is 10.5 Å². The minimum atomic E-state index is 0.607. The Labute approximate surface area is 109 Å². The summed E-state index contributed by atoms with van der Waals surface area (Å²) in [5.41, 5.74) is 7.39. The molecule has 4 nitrogen and oxygen atoms in total. The van der Waals surface area contributed by atoms with E-state index in [9.17, 15) is 0 Å². The molecule has 0 saturated heterocycles. The van der Waals surface area contributed by atoms with Crippen LogP contribution >= 0.6 is 15.9 Å². The minimum Gasteiger partial charge on any atom is -0.396 e. The van der Waals surface area contributed by atoms with Crippen molar-refractivity contribution < 1.29 is 4.74 Å². The molecule has 1 aromatic heterocycles. The maximum absolute atomic E-state index is 5.57. The van der Waals surface area contributed by atoms with Gasteiger partial charge in [-0.3, -0.25) is 4.68 Å². The molecule has 2 N–H and O–H groups in total. The molecule has 90 valence electrons. The maximum Gasteiger partial charge on any atom is 0.0719 e. The summed E-state index contributed by atoms with van der Waals surface area (Å²) >= 11 is 3.43. The Morgan fingerprint density at radius 3 is 3.00 bits per heavy atom. The van der Waals surface area contributed by atoms with Crippen LogP contribution in [0.4, 0.5) is 5.69 Å². The first kappa shape index (κ1) is 12.1. The molecule has 0 atom stereocenters. The summed E-state index contributed by atoms with van der Waals surface area (Å²) in [6.07, 6.45) is 3.43. The van der Waals surface area contributed by atoms with Crippen LogP contribution in [0, 0.1) is 0 Å². The van der Waals surface area contributed by atoms with Crippen molar-refractivity contribution >= 4 is 21.6 Å². The molecular weight excluding hydrogens is 282 g/mol. The molecule has 0 unspecified atom stereocenters. The third kappa shape index (κ3) is 3.87. The number of anilines is 1. The summed E-state index contributed by atoms with van der Waals surface area (Å²) in [4.78, 5) is 0. The van der Waals surface area contributed by atoms with Gasteiger partial charge in [0.1, 0.15) is 0 Å². The first-order chi connectivity index (χ1) is 8.24. The highest BCUT2D eigenvalue weighted by Crippen LogP contribution is 2.12. The number of nitrogens with two attached hydrogens (primary N) is 1. The van der Waals surface area contributed by atoms with Crippen LogP contribution in [0.15, 0.2) is 41.1 Å². The molecule has 0 aliphatic carbocycles. The van der Waals surface area contributed by atoms with Gasteiger partial charge in [-0.25, -0.2) is 0 Å². The van der Waals surface area contributed by atoms with Crippen molar-refractivity contribution in [1.82, 2.24) is 9.78 Å². The first-order valence-corrected chi connectivity index (χ1v) is 6.13. The Kier molecular flexibility index (Phi) is 4.17. The summed E-state index contributed by atoms with van der Waals surface area (Å²) in [6.45, 7) is 1.94. The van der Waals surface area contributed by atoms with Crippen LogP contribution in [-0.4, -0.2) is 16.4 Å². The molecule has 0 spiro atoms. The number of benzene rings is 1. The van der Waals surface area contributed by atoms with Crippen LogP contribution in [0.1, 0.15) is 5.56 Å². The number of aromatic nitrogens is 2. The molecule has 0 bridgehead atoms. The van der Waals surface area contributed by atoms with Crippen LogP contribution in [0.5, 0.6) is 0 Å².